The van der Waals surface area contributed by atoms with Crippen molar-refractivity contribution in [2.24, 2.45) is 0 Å². The molecule has 0 spiro atoms. The second-order valence-corrected chi connectivity index (χ2v) is 4.09. The summed E-state index contributed by atoms with van der Waals surface area (Å²) in [6.45, 7) is 2.72. The summed E-state index contributed by atoms with van der Waals surface area (Å²) in [7, 11) is 0. The van der Waals surface area contributed by atoms with Crippen molar-refractivity contribution < 1.29 is 4.79 Å². The molecule has 0 aromatic heterocycles. The third-order valence-electron chi connectivity index (χ3n) is 1.92. The quantitative estimate of drug-likeness (QED) is 0.869. The molecule has 1 aromatic carbocycles. The van der Waals surface area contributed by atoms with Gasteiger partial charge in [0, 0.05) is 6.54 Å². The van der Waals surface area contributed by atoms with Gasteiger partial charge in [-0.25, -0.2) is 0 Å². The van der Waals surface area contributed by atoms with E-state index < -0.39 is 0 Å². The van der Waals surface area contributed by atoms with Crippen molar-refractivity contribution in [1.82, 2.24) is 5.32 Å². The Balaban J connectivity index is 2.57. The third kappa shape index (κ3) is 4.10. The molecule has 0 atom stereocenters. The van der Waals surface area contributed by atoms with Crippen LogP contribution in [0.15, 0.2) is 18.2 Å². The summed E-state index contributed by atoms with van der Waals surface area (Å²) in [5.74, 6) is 0.00948. The SMILES string of the molecule is CCCNC(=O)Cc1ccc(Cl)c(Cl)c1. The van der Waals surface area contributed by atoms with Gasteiger partial charge in [-0.2, -0.15) is 0 Å². The lowest BCUT2D eigenvalue weighted by atomic mass is 10.1. The molecule has 1 aromatic rings. The van der Waals surface area contributed by atoms with E-state index in [9.17, 15) is 4.79 Å². The molecular weight excluding hydrogens is 233 g/mol. The lowest BCUT2D eigenvalue weighted by molar-refractivity contribution is -0.120. The maximum Gasteiger partial charge on any atom is 0.224 e. The molecule has 1 rings (SSSR count). The second-order valence-electron chi connectivity index (χ2n) is 3.28. The van der Waals surface area contributed by atoms with E-state index in [1.54, 1.807) is 18.2 Å². The van der Waals surface area contributed by atoms with Gasteiger partial charge in [0.1, 0.15) is 0 Å². The number of rotatable bonds is 4. The average Bonchev–Trinajstić information content (AvgIpc) is 2.20. The zero-order valence-electron chi connectivity index (χ0n) is 8.52. The van der Waals surface area contributed by atoms with Gasteiger partial charge < -0.3 is 5.32 Å². The van der Waals surface area contributed by atoms with Crippen molar-refractivity contribution in [2.45, 2.75) is 19.8 Å². The number of hydrogen-bond acceptors (Lipinski definition) is 1. The van der Waals surface area contributed by atoms with Crippen LogP contribution in [-0.2, 0) is 11.2 Å². The predicted octanol–water partition coefficient (Wildman–Crippen LogP) is 3.06. The molecule has 4 heteroatoms. The molecule has 0 saturated heterocycles. The first kappa shape index (κ1) is 12.3. The number of benzene rings is 1. The van der Waals surface area contributed by atoms with Crippen molar-refractivity contribution in [3.8, 4) is 0 Å². The van der Waals surface area contributed by atoms with Crippen molar-refractivity contribution in [2.75, 3.05) is 6.54 Å². The Morgan fingerprint density at radius 2 is 2.07 bits per heavy atom. The summed E-state index contributed by atoms with van der Waals surface area (Å²) in [5.41, 5.74) is 0.873. The fourth-order valence-electron chi connectivity index (χ4n) is 1.16. The molecule has 0 aliphatic rings. The second kappa shape index (κ2) is 5.99. The molecule has 82 valence electrons. The first-order valence-electron chi connectivity index (χ1n) is 4.84. The zero-order valence-corrected chi connectivity index (χ0v) is 10.0. The normalized spacial score (nSPS) is 10.1. The molecule has 1 amide bonds. The van der Waals surface area contributed by atoms with Crippen LogP contribution >= 0.6 is 23.2 Å². The molecule has 1 N–H and O–H groups in total. The number of nitrogens with one attached hydrogen (secondary N) is 1. The monoisotopic (exact) mass is 245 g/mol. The van der Waals surface area contributed by atoms with Gasteiger partial charge in [0.2, 0.25) is 5.91 Å². The molecule has 15 heavy (non-hydrogen) atoms. The summed E-state index contributed by atoms with van der Waals surface area (Å²) >= 11 is 11.6. The van der Waals surface area contributed by atoms with Gasteiger partial charge in [0.15, 0.2) is 0 Å². The van der Waals surface area contributed by atoms with Crippen LogP contribution in [0.25, 0.3) is 0 Å². The van der Waals surface area contributed by atoms with E-state index in [-0.39, 0.29) is 5.91 Å². The van der Waals surface area contributed by atoms with E-state index in [2.05, 4.69) is 5.32 Å². The Morgan fingerprint density at radius 1 is 1.33 bits per heavy atom. The van der Waals surface area contributed by atoms with E-state index >= 15 is 0 Å². The molecule has 0 heterocycles. The maximum atomic E-state index is 11.4. The van der Waals surface area contributed by atoms with Gasteiger partial charge in [0.05, 0.1) is 16.5 Å². The van der Waals surface area contributed by atoms with Crippen LogP contribution in [0.1, 0.15) is 18.9 Å². The molecule has 0 fully saturated rings. The van der Waals surface area contributed by atoms with Crippen molar-refractivity contribution >= 4 is 29.1 Å². The van der Waals surface area contributed by atoms with E-state index in [4.69, 9.17) is 23.2 Å². The Kier molecular flexibility index (Phi) is 4.92. The highest BCUT2D eigenvalue weighted by Gasteiger charge is 2.04. The molecule has 0 saturated carbocycles. The standard InChI is InChI=1S/C11H13Cl2NO/c1-2-5-14-11(15)7-8-3-4-9(12)10(13)6-8/h3-4,6H,2,5,7H2,1H3,(H,14,15). The van der Waals surface area contributed by atoms with Crippen LogP contribution in [0.5, 0.6) is 0 Å². The summed E-state index contributed by atoms with van der Waals surface area (Å²) in [5, 5.41) is 3.79. The number of carbonyl (C=O) groups excluding carboxylic acids is 1. The van der Waals surface area contributed by atoms with Crippen molar-refractivity contribution in [3.63, 3.8) is 0 Å². The van der Waals surface area contributed by atoms with Crippen LogP contribution in [0, 0.1) is 0 Å². The van der Waals surface area contributed by atoms with Gasteiger partial charge >= 0.3 is 0 Å². The van der Waals surface area contributed by atoms with Crippen molar-refractivity contribution in [3.05, 3.63) is 33.8 Å². The smallest absolute Gasteiger partial charge is 0.224 e. The summed E-state index contributed by atoms with van der Waals surface area (Å²) in [6, 6.07) is 5.22. The summed E-state index contributed by atoms with van der Waals surface area (Å²) in [6.07, 6.45) is 1.28. The number of halogens is 2. The zero-order chi connectivity index (χ0) is 11.3. The van der Waals surface area contributed by atoms with Gasteiger partial charge in [-0.1, -0.05) is 36.2 Å². The minimum atomic E-state index is 0.00948. The molecular formula is C11H13Cl2NO. The average molecular weight is 246 g/mol. The van der Waals surface area contributed by atoms with Crippen LogP contribution in [0.2, 0.25) is 10.0 Å². The highest BCUT2D eigenvalue weighted by atomic mass is 35.5. The van der Waals surface area contributed by atoms with Gasteiger partial charge in [-0.3, -0.25) is 4.79 Å². The lowest BCUT2D eigenvalue weighted by Gasteiger charge is -2.04. The van der Waals surface area contributed by atoms with Crippen LogP contribution in [0.3, 0.4) is 0 Å². The lowest BCUT2D eigenvalue weighted by Crippen LogP contribution is -2.25. The molecule has 0 aliphatic carbocycles. The van der Waals surface area contributed by atoms with Gasteiger partial charge in [0.25, 0.3) is 0 Å². The summed E-state index contributed by atoms with van der Waals surface area (Å²) < 4.78 is 0. The Labute approximate surface area is 99.6 Å². The number of carbonyl (C=O) groups is 1. The predicted molar refractivity (Wildman–Crippen MR) is 63.5 cm³/mol. The molecule has 0 radical (unpaired) electrons. The van der Waals surface area contributed by atoms with Crippen LogP contribution in [-0.4, -0.2) is 12.5 Å². The number of hydrogen-bond donors (Lipinski definition) is 1. The molecule has 0 aliphatic heterocycles. The van der Waals surface area contributed by atoms with Crippen molar-refractivity contribution in [1.29, 1.82) is 0 Å². The molecule has 0 unspecified atom stereocenters. The first-order valence-corrected chi connectivity index (χ1v) is 5.59. The molecule has 2 nitrogen and oxygen atoms in total. The Bertz CT molecular complexity index is 352. The van der Waals surface area contributed by atoms with E-state index in [1.165, 1.54) is 0 Å². The van der Waals surface area contributed by atoms with E-state index in [1.807, 2.05) is 6.92 Å². The minimum absolute atomic E-state index is 0.00948. The topological polar surface area (TPSA) is 29.1 Å². The fraction of sp³-hybridized carbons (Fsp3) is 0.364. The maximum absolute atomic E-state index is 11.4. The Hall–Kier alpha value is -0.730. The van der Waals surface area contributed by atoms with E-state index in [0.29, 0.717) is 23.0 Å². The largest absolute Gasteiger partial charge is 0.356 e. The minimum Gasteiger partial charge on any atom is -0.356 e. The third-order valence-corrected chi connectivity index (χ3v) is 2.66. The van der Waals surface area contributed by atoms with Gasteiger partial charge in [-0.15, -0.1) is 0 Å². The fourth-order valence-corrected chi connectivity index (χ4v) is 1.48. The molecule has 0 bridgehead atoms. The van der Waals surface area contributed by atoms with Crippen LogP contribution < -0.4 is 5.32 Å². The highest BCUT2D eigenvalue weighted by molar-refractivity contribution is 6.42. The summed E-state index contributed by atoms with van der Waals surface area (Å²) in [4.78, 5) is 11.4. The van der Waals surface area contributed by atoms with Crippen LogP contribution in [0.4, 0.5) is 0 Å². The van der Waals surface area contributed by atoms with E-state index in [0.717, 1.165) is 12.0 Å². The Morgan fingerprint density at radius 3 is 2.67 bits per heavy atom. The first-order chi connectivity index (χ1) is 7.13. The number of amides is 1. The van der Waals surface area contributed by atoms with Gasteiger partial charge in [-0.05, 0) is 24.1 Å². The highest BCUT2D eigenvalue weighted by Crippen LogP contribution is 2.22.